The number of imide groups is 1. The topological polar surface area (TPSA) is 142 Å². The molecular formula is C46H37N2O9PS. The quantitative estimate of drug-likeness (QED) is 0.0373. The van der Waals surface area contributed by atoms with Crippen molar-refractivity contribution in [3.63, 3.8) is 0 Å². The van der Waals surface area contributed by atoms with Gasteiger partial charge in [-0.25, -0.2) is 14.5 Å². The van der Waals surface area contributed by atoms with Gasteiger partial charge in [0.1, 0.15) is 24.3 Å². The Hall–Kier alpha value is -6.75. The molecule has 1 heterocycles. The molecule has 6 aromatic carbocycles. The lowest BCUT2D eigenvalue weighted by atomic mass is 10.0. The van der Waals surface area contributed by atoms with E-state index in [0.717, 1.165) is 38.1 Å². The molecule has 59 heavy (non-hydrogen) atoms. The number of nitro benzene ring substituents is 1. The molecule has 13 heteroatoms. The number of β-lactam (4-membered cyclic amide) rings is 1. The molecule has 2 atom stereocenters. The van der Waals surface area contributed by atoms with Crippen LogP contribution in [0.2, 0.25) is 0 Å². The van der Waals surface area contributed by atoms with Crippen molar-refractivity contribution in [3.8, 4) is 5.75 Å². The first-order valence-corrected chi connectivity index (χ1v) is 21.2. The van der Waals surface area contributed by atoms with Crippen LogP contribution in [0.25, 0.3) is 0 Å². The highest BCUT2D eigenvalue weighted by Crippen LogP contribution is 2.48. The summed E-state index contributed by atoms with van der Waals surface area (Å²) in [5.74, 6) is 0.683. The van der Waals surface area contributed by atoms with Crippen molar-refractivity contribution >= 4 is 69.1 Å². The third kappa shape index (κ3) is 8.89. The molecule has 0 aromatic heterocycles. The lowest BCUT2D eigenvalue weighted by Gasteiger charge is -2.44. The number of nitrogens with zero attached hydrogens (tertiary/aromatic N) is 2. The van der Waals surface area contributed by atoms with Crippen molar-refractivity contribution in [2.45, 2.75) is 18.6 Å². The van der Waals surface area contributed by atoms with E-state index in [9.17, 15) is 29.3 Å². The number of benzene rings is 6. The maximum absolute atomic E-state index is 14.3. The monoisotopic (exact) mass is 824 g/mol. The number of esters is 1. The summed E-state index contributed by atoms with van der Waals surface area (Å²) in [5, 5.41) is 12.6. The third-order valence-electron chi connectivity index (χ3n) is 9.78. The minimum Gasteiger partial charge on any atom is -0.497 e. The predicted molar refractivity (Wildman–Crippen MR) is 229 cm³/mol. The Morgan fingerprint density at radius 3 is 1.64 bits per heavy atom. The summed E-state index contributed by atoms with van der Waals surface area (Å²) < 4.78 is 16.2. The van der Waals surface area contributed by atoms with Gasteiger partial charge in [0.25, 0.3) is 5.69 Å². The molecule has 1 aliphatic heterocycles. The second-order valence-electron chi connectivity index (χ2n) is 13.4. The summed E-state index contributed by atoms with van der Waals surface area (Å²) in [6.07, 6.45) is -0.957. The van der Waals surface area contributed by atoms with E-state index in [1.54, 1.807) is 31.4 Å². The molecule has 1 fully saturated rings. The van der Waals surface area contributed by atoms with E-state index in [0.29, 0.717) is 11.3 Å². The fourth-order valence-corrected chi connectivity index (χ4v) is 12.0. The number of carbonyl (C=O) groups excluding carboxylic acids is 4. The molecule has 0 N–H and O–H groups in total. The molecule has 1 saturated heterocycles. The van der Waals surface area contributed by atoms with Crippen molar-refractivity contribution in [1.82, 2.24) is 4.90 Å². The highest BCUT2D eigenvalue weighted by atomic mass is 32.2. The van der Waals surface area contributed by atoms with E-state index >= 15 is 0 Å². The number of thioether (sulfide) groups is 1. The molecule has 0 radical (unpaired) electrons. The van der Waals surface area contributed by atoms with Gasteiger partial charge in [0.15, 0.2) is 0 Å². The van der Waals surface area contributed by atoms with Gasteiger partial charge in [-0.2, -0.15) is 0 Å². The molecule has 1 aliphatic rings. The summed E-state index contributed by atoms with van der Waals surface area (Å²) >= 11 is 0.816. The van der Waals surface area contributed by atoms with Crippen molar-refractivity contribution in [2.24, 2.45) is 5.92 Å². The molecule has 0 bridgehead atoms. The Morgan fingerprint density at radius 1 is 0.678 bits per heavy atom. The van der Waals surface area contributed by atoms with Gasteiger partial charge in [-0.3, -0.25) is 19.7 Å². The molecule has 0 saturated carbocycles. The number of hydrogen-bond acceptors (Lipinski definition) is 10. The summed E-state index contributed by atoms with van der Waals surface area (Å²) in [4.78, 5) is 66.5. The first kappa shape index (κ1) is 40.4. The van der Waals surface area contributed by atoms with E-state index in [1.165, 1.54) is 48.5 Å². The van der Waals surface area contributed by atoms with Crippen molar-refractivity contribution in [1.29, 1.82) is 0 Å². The highest BCUT2D eigenvalue weighted by molar-refractivity contribution is 8.14. The predicted octanol–water partition coefficient (Wildman–Crippen LogP) is 7.75. The number of hydrogen-bond donors (Lipinski definition) is 0. The van der Waals surface area contributed by atoms with Gasteiger partial charge in [-0.05, 0) is 82.5 Å². The summed E-state index contributed by atoms with van der Waals surface area (Å²) in [6, 6.07) is 48.3. The Kier molecular flexibility index (Phi) is 12.5. The number of likely N-dealkylation sites (tertiary alicyclic amines) is 1. The molecule has 2 unspecified atom stereocenters. The van der Waals surface area contributed by atoms with E-state index < -0.39 is 46.2 Å². The number of ether oxygens (including phenoxy) is 3. The summed E-state index contributed by atoms with van der Waals surface area (Å²) in [7, 11) is 1.57. The second kappa shape index (κ2) is 18.2. The van der Waals surface area contributed by atoms with Crippen LogP contribution in [0, 0.1) is 16.0 Å². The van der Waals surface area contributed by atoms with E-state index in [4.69, 9.17) is 14.2 Å². The minimum absolute atomic E-state index is 0.0438. The van der Waals surface area contributed by atoms with E-state index in [1.807, 2.05) is 96.8 Å². The minimum atomic E-state index is -2.71. The molecule has 11 nitrogen and oxygen atoms in total. The Labute approximate surface area is 344 Å². The molecular weight excluding hydrogens is 788 g/mol. The van der Waals surface area contributed by atoms with Crippen molar-refractivity contribution in [3.05, 3.63) is 196 Å². The van der Waals surface area contributed by atoms with Gasteiger partial charge in [0, 0.05) is 17.7 Å². The zero-order chi connectivity index (χ0) is 41.4. The largest absolute Gasteiger partial charge is 0.497 e. The number of methoxy groups -OCH3 is 1. The van der Waals surface area contributed by atoms with Gasteiger partial charge in [0.05, 0.1) is 23.5 Å². The summed E-state index contributed by atoms with van der Waals surface area (Å²) in [6.45, 7) is -2.93. The Bertz CT molecular complexity index is 2420. The van der Waals surface area contributed by atoms with E-state index in [-0.39, 0.29) is 30.0 Å². The number of carbonyl (C=O) groups is 4. The fourth-order valence-electron chi connectivity index (χ4n) is 6.68. The molecule has 6 aromatic rings. The van der Waals surface area contributed by atoms with E-state index in [2.05, 4.69) is 0 Å². The number of amides is 2. The Balaban J connectivity index is 1.20. The normalized spacial score (nSPS) is 14.7. The Morgan fingerprint density at radius 2 is 1.15 bits per heavy atom. The van der Waals surface area contributed by atoms with Gasteiger partial charge < -0.3 is 14.2 Å². The second-order valence-corrected chi connectivity index (χ2v) is 17.8. The molecule has 0 spiro atoms. The van der Waals surface area contributed by atoms with Crippen LogP contribution in [0.5, 0.6) is 5.75 Å². The van der Waals surface area contributed by atoms with Crippen molar-refractivity contribution in [2.75, 3.05) is 7.11 Å². The van der Waals surface area contributed by atoms with Crippen molar-refractivity contribution < 1.29 is 38.3 Å². The standard InChI is InChI=1S/C46H37N2O9PS/c1-55-37-27-19-33(20-28-37)29-56-44(50)34-21-23-35(24-22-34)45(51)59-43-41(42(49)47(43)46(52)57-30-32-17-25-36(26-18-32)48(53)54)31-58(38-11-5-2-6-12-38,39-13-7-3-8-14-39)40-15-9-4-10-16-40/h2-28,31,41,43H,29-30H2,1H3. The lowest BCUT2D eigenvalue weighted by Crippen LogP contribution is -2.63. The zero-order valence-electron chi connectivity index (χ0n) is 31.7. The zero-order valence-corrected chi connectivity index (χ0v) is 33.4. The average Bonchev–Trinajstić information content (AvgIpc) is 3.29. The van der Waals surface area contributed by atoms with Gasteiger partial charge >= 0.3 is 12.1 Å². The third-order valence-corrected chi connectivity index (χ3v) is 15.1. The van der Waals surface area contributed by atoms with Crippen LogP contribution in [0.1, 0.15) is 31.8 Å². The van der Waals surface area contributed by atoms with Crippen LogP contribution >= 0.6 is 18.6 Å². The van der Waals surface area contributed by atoms with Gasteiger partial charge in [-0.15, -0.1) is 0 Å². The number of rotatable bonds is 13. The van der Waals surface area contributed by atoms with Crippen LogP contribution in [0.15, 0.2) is 164 Å². The fraction of sp³-hybridized carbons (Fsp3) is 0.109. The maximum Gasteiger partial charge on any atom is 0.417 e. The first-order chi connectivity index (χ1) is 28.7. The molecule has 296 valence electrons. The highest BCUT2D eigenvalue weighted by Gasteiger charge is 2.53. The van der Waals surface area contributed by atoms with Crippen LogP contribution in [-0.2, 0) is 27.5 Å². The molecule has 2 amide bonds. The first-order valence-electron chi connectivity index (χ1n) is 18.4. The molecule has 7 rings (SSSR count). The SMILES string of the molecule is COc1ccc(COC(=O)c2ccc(C(=O)SC3C(C=P(c4ccccc4)(c4ccccc4)c4ccccc4)C(=O)N3C(=O)OCc3ccc([N+](=O)[O-])cc3)cc2)cc1. The lowest BCUT2D eigenvalue weighted by molar-refractivity contribution is -0.384. The number of nitro groups is 1. The maximum atomic E-state index is 14.3. The van der Waals surface area contributed by atoms with Crippen LogP contribution < -0.4 is 20.7 Å². The summed E-state index contributed by atoms with van der Waals surface area (Å²) in [5.41, 5.74) is 1.62. The average molecular weight is 825 g/mol. The smallest absolute Gasteiger partial charge is 0.417 e. The van der Waals surface area contributed by atoms with Crippen LogP contribution in [0.3, 0.4) is 0 Å². The number of non-ortho nitro benzene ring substituents is 1. The van der Waals surface area contributed by atoms with Crippen LogP contribution in [-0.4, -0.2) is 51.2 Å². The van der Waals surface area contributed by atoms with Gasteiger partial charge in [-0.1, -0.05) is 121 Å². The molecule has 0 aliphatic carbocycles. The van der Waals surface area contributed by atoms with Crippen LogP contribution in [0.4, 0.5) is 10.5 Å². The van der Waals surface area contributed by atoms with Gasteiger partial charge in [0.2, 0.25) is 11.0 Å².